The molecule has 1 aromatic rings. The van der Waals surface area contributed by atoms with Gasteiger partial charge in [0.05, 0.1) is 0 Å². The lowest BCUT2D eigenvalue weighted by Gasteiger charge is -2.08. The molecule has 0 amide bonds. The molecule has 0 aliphatic heterocycles. The minimum atomic E-state index is 1.04. The molecule has 84 valence electrons. The summed E-state index contributed by atoms with van der Waals surface area (Å²) in [7, 11) is 0. The van der Waals surface area contributed by atoms with E-state index >= 15 is 0 Å². The largest absolute Gasteiger partial charge is 0.384 e. The molecule has 0 radical (unpaired) electrons. The molecule has 1 N–H and O–H groups in total. The first kappa shape index (κ1) is 13.4. The molecule has 1 aromatic carbocycles. The van der Waals surface area contributed by atoms with Crippen LogP contribution in [-0.2, 0) is 0 Å². The lowest BCUT2D eigenvalue weighted by Crippen LogP contribution is -2.02. The second-order valence-electron chi connectivity index (χ2n) is 3.25. The SMILES string of the molecule is CSCCCCNc1ccc(Br)cc1Br. The maximum atomic E-state index is 3.53. The molecule has 15 heavy (non-hydrogen) atoms. The average Bonchev–Trinajstić information content (AvgIpc) is 2.20. The number of halogens is 2. The summed E-state index contributed by atoms with van der Waals surface area (Å²) in [6.07, 6.45) is 4.66. The Bertz CT molecular complexity index is 305. The second-order valence-corrected chi connectivity index (χ2v) is 6.01. The molecule has 0 aliphatic rings. The fourth-order valence-corrected chi connectivity index (χ4v) is 2.91. The van der Waals surface area contributed by atoms with Crippen molar-refractivity contribution in [2.75, 3.05) is 23.9 Å². The summed E-state index contributed by atoms with van der Waals surface area (Å²) in [5.74, 6) is 1.25. The van der Waals surface area contributed by atoms with Crippen LogP contribution >= 0.6 is 43.6 Å². The molecule has 0 heterocycles. The van der Waals surface area contributed by atoms with E-state index in [0.717, 1.165) is 15.5 Å². The summed E-state index contributed by atoms with van der Waals surface area (Å²) in [5, 5.41) is 3.42. The average molecular weight is 353 g/mol. The zero-order valence-electron chi connectivity index (χ0n) is 8.72. The molecular formula is C11H15Br2NS. The van der Waals surface area contributed by atoms with Crippen LogP contribution in [0.15, 0.2) is 27.1 Å². The number of anilines is 1. The monoisotopic (exact) mass is 351 g/mol. The molecule has 1 nitrogen and oxygen atoms in total. The molecule has 0 saturated carbocycles. The number of thioether (sulfide) groups is 1. The fraction of sp³-hybridized carbons (Fsp3) is 0.455. The van der Waals surface area contributed by atoms with Gasteiger partial charge in [0, 0.05) is 21.2 Å². The van der Waals surface area contributed by atoms with Gasteiger partial charge >= 0.3 is 0 Å². The number of hydrogen-bond acceptors (Lipinski definition) is 2. The van der Waals surface area contributed by atoms with Gasteiger partial charge in [-0.3, -0.25) is 0 Å². The summed E-state index contributed by atoms with van der Waals surface area (Å²) in [4.78, 5) is 0. The third-order valence-corrected chi connectivity index (χ3v) is 3.87. The number of nitrogens with one attached hydrogen (secondary N) is 1. The van der Waals surface area contributed by atoms with E-state index in [-0.39, 0.29) is 0 Å². The van der Waals surface area contributed by atoms with Crippen LogP contribution in [0.25, 0.3) is 0 Å². The molecule has 0 saturated heterocycles. The van der Waals surface area contributed by atoms with Gasteiger partial charge in [0.15, 0.2) is 0 Å². The number of rotatable bonds is 6. The molecule has 0 aliphatic carbocycles. The van der Waals surface area contributed by atoms with Gasteiger partial charge in [0.1, 0.15) is 0 Å². The van der Waals surface area contributed by atoms with E-state index in [1.54, 1.807) is 0 Å². The summed E-state index contributed by atoms with van der Waals surface area (Å²) in [6.45, 7) is 1.04. The van der Waals surface area contributed by atoms with Crippen molar-refractivity contribution in [3.8, 4) is 0 Å². The molecule has 0 fully saturated rings. The van der Waals surface area contributed by atoms with E-state index in [1.807, 2.05) is 11.8 Å². The van der Waals surface area contributed by atoms with Gasteiger partial charge in [-0.15, -0.1) is 0 Å². The normalized spacial score (nSPS) is 10.3. The highest BCUT2D eigenvalue weighted by atomic mass is 79.9. The first-order valence-corrected chi connectivity index (χ1v) is 7.90. The fourth-order valence-electron chi connectivity index (χ4n) is 1.23. The minimum absolute atomic E-state index is 1.04. The van der Waals surface area contributed by atoms with Crippen molar-refractivity contribution in [1.82, 2.24) is 0 Å². The van der Waals surface area contributed by atoms with Gasteiger partial charge in [0.2, 0.25) is 0 Å². The predicted molar refractivity (Wildman–Crippen MR) is 77.9 cm³/mol. The maximum absolute atomic E-state index is 3.53. The summed E-state index contributed by atoms with van der Waals surface area (Å²) in [6, 6.07) is 6.20. The van der Waals surface area contributed by atoms with Crippen LogP contribution in [0, 0.1) is 0 Å². The summed E-state index contributed by atoms with van der Waals surface area (Å²) in [5.41, 5.74) is 1.17. The van der Waals surface area contributed by atoms with Crippen molar-refractivity contribution in [3.63, 3.8) is 0 Å². The quantitative estimate of drug-likeness (QED) is 0.740. The Hall–Kier alpha value is 0.330. The molecular weight excluding hydrogens is 338 g/mol. The van der Waals surface area contributed by atoms with Crippen LogP contribution in [0.3, 0.4) is 0 Å². The Morgan fingerprint density at radius 3 is 2.73 bits per heavy atom. The van der Waals surface area contributed by atoms with Crippen LogP contribution in [0.1, 0.15) is 12.8 Å². The van der Waals surface area contributed by atoms with Crippen LogP contribution in [-0.4, -0.2) is 18.6 Å². The van der Waals surface area contributed by atoms with Crippen molar-refractivity contribution >= 4 is 49.3 Å². The highest BCUT2D eigenvalue weighted by Gasteiger charge is 1.98. The Kier molecular flexibility index (Phi) is 6.77. The first-order chi connectivity index (χ1) is 7.24. The molecule has 0 aromatic heterocycles. The van der Waals surface area contributed by atoms with Crippen molar-refractivity contribution in [2.24, 2.45) is 0 Å². The Labute approximate surface area is 113 Å². The lowest BCUT2D eigenvalue weighted by molar-refractivity contribution is 0.843. The van der Waals surface area contributed by atoms with E-state index in [0.29, 0.717) is 0 Å². The van der Waals surface area contributed by atoms with Crippen LogP contribution in [0.2, 0.25) is 0 Å². The zero-order valence-corrected chi connectivity index (χ0v) is 12.7. The molecule has 0 atom stereocenters. The van der Waals surface area contributed by atoms with Gasteiger partial charge < -0.3 is 5.32 Å². The molecule has 1 rings (SSSR count). The van der Waals surface area contributed by atoms with Gasteiger partial charge in [-0.1, -0.05) is 15.9 Å². The van der Waals surface area contributed by atoms with E-state index in [2.05, 4.69) is 61.6 Å². The number of hydrogen-bond donors (Lipinski definition) is 1. The first-order valence-electron chi connectivity index (χ1n) is 4.92. The lowest BCUT2D eigenvalue weighted by atomic mass is 10.3. The van der Waals surface area contributed by atoms with E-state index in [4.69, 9.17) is 0 Å². The van der Waals surface area contributed by atoms with Gasteiger partial charge in [0.25, 0.3) is 0 Å². The molecule has 0 spiro atoms. The van der Waals surface area contributed by atoms with Crippen molar-refractivity contribution in [3.05, 3.63) is 27.1 Å². The van der Waals surface area contributed by atoms with Crippen molar-refractivity contribution in [1.29, 1.82) is 0 Å². The van der Waals surface area contributed by atoms with Crippen molar-refractivity contribution < 1.29 is 0 Å². The predicted octanol–water partition coefficient (Wildman–Crippen LogP) is 4.77. The third-order valence-electron chi connectivity index (χ3n) is 2.02. The summed E-state index contributed by atoms with van der Waals surface area (Å²) >= 11 is 8.88. The molecule has 4 heteroatoms. The second kappa shape index (κ2) is 7.58. The maximum Gasteiger partial charge on any atom is 0.0485 e. The highest BCUT2D eigenvalue weighted by Crippen LogP contribution is 2.26. The molecule has 0 unspecified atom stereocenters. The van der Waals surface area contributed by atoms with Crippen molar-refractivity contribution in [2.45, 2.75) is 12.8 Å². The van der Waals surface area contributed by atoms with Gasteiger partial charge in [-0.05, 0) is 59.0 Å². The Balaban J connectivity index is 2.31. The minimum Gasteiger partial charge on any atom is -0.384 e. The topological polar surface area (TPSA) is 12.0 Å². The summed E-state index contributed by atoms with van der Waals surface area (Å²) < 4.78 is 2.21. The smallest absolute Gasteiger partial charge is 0.0485 e. The van der Waals surface area contributed by atoms with Crippen LogP contribution in [0.4, 0.5) is 5.69 Å². The third kappa shape index (κ3) is 5.27. The Morgan fingerprint density at radius 2 is 2.07 bits per heavy atom. The van der Waals surface area contributed by atoms with E-state index < -0.39 is 0 Å². The van der Waals surface area contributed by atoms with E-state index in [1.165, 1.54) is 24.3 Å². The highest BCUT2D eigenvalue weighted by molar-refractivity contribution is 9.11. The zero-order chi connectivity index (χ0) is 11.1. The van der Waals surface area contributed by atoms with Gasteiger partial charge in [-0.25, -0.2) is 0 Å². The number of benzene rings is 1. The Morgan fingerprint density at radius 1 is 1.27 bits per heavy atom. The molecule has 0 bridgehead atoms. The standard InChI is InChI=1S/C11H15Br2NS/c1-15-7-3-2-6-14-11-5-4-9(12)8-10(11)13/h4-5,8,14H,2-3,6-7H2,1H3. The van der Waals surface area contributed by atoms with Crippen LogP contribution in [0.5, 0.6) is 0 Å². The number of unbranched alkanes of at least 4 members (excludes halogenated alkanes) is 1. The van der Waals surface area contributed by atoms with E-state index in [9.17, 15) is 0 Å². The van der Waals surface area contributed by atoms with Gasteiger partial charge in [-0.2, -0.15) is 11.8 Å². The van der Waals surface area contributed by atoms with Crippen LogP contribution < -0.4 is 5.32 Å².